The average molecular weight is 324 g/mol. The largest absolute Gasteiger partial charge is 0.351 e. The molecule has 0 aliphatic carbocycles. The first-order valence-corrected chi connectivity index (χ1v) is 7.15. The summed E-state index contributed by atoms with van der Waals surface area (Å²) < 4.78 is 27.0. The molecule has 0 aliphatic heterocycles. The SMILES string of the molecule is CC(C)CN(C(N)=O)C(C)c1n[nH]c(=O)c2cc(F)c(F)cc12. The Morgan fingerprint density at radius 1 is 1.26 bits per heavy atom. The molecule has 23 heavy (non-hydrogen) atoms. The molecule has 1 atom stereocenters. The van der Waals surface area contributed by atoms with E-state index in [1.807, 2.05) is 13.8 Å². The molecule has 2 aromatic rings. The lowest BCUT2D eigenvalue weighted by molar-refractivity contribution is 0.178. The molecule has 1 unspecified atom stereocenters. The van der Waals surface area contributed by atoms with E-state index in [9.17, 15) is 18.4 Å². The Balaban J connectivity index is 2.62. The summed E-state index contributed by atoms with van der Waals surface area (Å²) >= 11 is 0. The Morgan fingerprint density at radius 2 is 1.83 bits per heavy atom. The molecule has 2 rings (SSSR count). The number of amides is 2. The van der Waals surface area contributed by atoms with Gasteiger partial charge >= 0.3 is 6.03 Å². The first kappa shape index (κ1) is 16.9. The maximum Gasteiger partial charge on any atom is 0.315 e. The fourth-order valence-electron chi connectivity index (χ4n) is 2.48. The van der Waals surface area contributed by atoms with Crippen LogP contribution in [-0.2, 0) is 0 Å². The maximum atomic E-state index is 13.6. The molecular weight excluding hydrogens is 306 g/mol. The number of H-pyrrole nitrogens is 1. The zero-order chi connectivity index (χ0) is 17.3. The highest BCUT2D eigenvalue weighted by Gasteiger charge is 2.24. The van der Waals surface area contributed by atoms with Gasteiger partial charge in [0.1, 0.15) is 0 Å². The van der Waals surface area contributed by atoms with Gasteiger partial charge in [0.25, 0.3) is 5.56 Å². The number of benzene rings is 1. The number of nitrogens with two attached hydrogens (primary N) is 1. The Morgan fingerprint density at radius 3 is 2.35 bits per heavy atom. The van der Waals surface area contributed by atoms with Crippen LogP contribution < -0.4 is 11.3 Å². The third-order valence-electron chi connectivity index (χ3n) is 3.57. The minimum atomic E-state index is -1.12. The molecular formula is C15H18F2N4O2. The molecule has 0 spiro atoms. The first-order chi connectivity index (χ1) is 10.7. The first-order valence-electron chi connectivity index (χ1n) is 7.15. The van der Waals surface area contributed by atoms with Crippen molar-refractivity contribution in [2.45, 2.75) is 26.8 Å². The minimum absolute atomic E-state index is 0.0327. The molecule has 0 bridgehead atoms. The second-order valence-electron chi connectivity index (χ2n) is 5.81. The number of fused-ring (bicyclic) bond motifs is 1. The second-order valence-corrected chi connectivity index (χ2v) is 5.81. The van der Waals surface area contributed by atoms with Crippen LogP contribution in [0.5, 0.6) is 0 Å². The molecule has 3 N–H and O–H groups in total. The average Bonchev–Trinajstić information content (AvgIpc) is 2.46. The lowest BCUT2D eigenvalue weighted by atomic mass is 10.0. The predicted octanol–water partition coefficient (Wildman–Crippen LogP) is 2.30. The van der Waals surface area contributed by atoms with Crippen LogP contribution in [0, 0.1) is 17.6 Å². The lowest BCUT2D eigenvalue weighted by Crippen LogP contribution is -2.40. The van der Waals surface area contributed by atoms with E-state index in [2.05, 4.69) is 10.2 Å². The van der Waals surface area contributed by atoms with Crippen molar-refractivity contribution in [1.82, 2.24) is 15.1 Å². The molecule has 1 aromatic heterocycles. The number of rotatable bonds is 4. The van der Waals surface area contributed by atoms with Crippen molar-refractivity contribution >= 4 is 16.8 Å². The number of aromatic nitrogens is 2. The number of nitrogens with zero attached hydrogens (tertiary/aromatic N) is 2. The van der Waals surface area contributed by atoms with Crippen LogP contribution in [0.1, 0.15) is 32.5 Å². The molecule has 0 saturated carbocycles. The topological polar surface area (TPSA) is 92.1 Å². The minimum Gasteiger partial charge on any atom is -0.351 e. The zero-order valence-electron chi connectivity index (χ0n) is 13.1. The highest BCUT2D eigenvalue weighted by molar-refractivity contribution is 5.84. The number of halogens is 2. The van der Waals surface area contributed by atoms with Gasteiger partial charge in [-0.05, 0) is 25.0 Å². The zero-order valence-corrected chi connectivity index (χ0v) is 13.1. The van der Waals surface area contributed by atoms with Gasteiger partial charge in [0.05, 0.1) is 17.1 Å². The predicted molar refractivity (Wildman–Crippen MR) is 81.8 cm³/mol. The van der Waals surface area contributed by atoms with Crippen molar-refractivity contribution < 1.29 is 13.6 Å². The van der Waals surface area contributed by atoms with Crippen LogP contribution in [0.15, 0.2) is 16.9 Å². The van der Waals surface area contributed by atoms with Crippen LogP contribution in [0.4, 0.5) is 13.6 Å². The lowest BCUT2D eigenvalue weighted by Gasteiger charge is -2.29. The number of carbonyl (C=O) groups is 1. The monoisotopic (exact) mass is 324 g/mol. The highest BCUT2D eigenvalue weighted by atomic mass is 19.2. The number of aromatic amines is 1. The number of carbonyl (C=O) groups excluding carboxylic acids is 1. The van der Waals surface area contributed by atoms with Crippen LogP contribution in [-0.4, -0.2) is 27.7 Å². The molecule has 1 heterocycles. The van der Waals surface area contributed by atoms with Gasteiger partial charge in [-0.25, -0.2) is 18.7 Å². The fraction of sp³-hybridized carbons (Fsp3) is 0.400. The van der Waals surface area contributed by atoms with E-state index in [1.165, 1.54) is 4.90 Å². The van der Waals surface area contributed by atoms with E-state index in [0.29, 0.717) is 6.54 Å². The van der Waals surface area contributed by atoms with Gasteiger partial charge in [0.2, 0.25) is 0 Å². The van der Waals surface area contributed by atoms with E-state index in [0.717, 1.165) is 12.1 Å². The normalized spacial score (nSPS) is 12.6. The fourth-order valence-corrected chi connectivity index (χ4v) is 2.48. The molecule has 1 aromatic carbocycles. The second kappa shape index (κ2) is 6.31. The molecule has 0 fully saturated rings. The summed E-state index contributed by atoms with van der Waals surface area (Å²) in [5.41, 5.74) is 5.02. The third kappa shape index (κ3) is 3.30. The van der Waals surface area contributed by atoms with Gasteiger partial charge in [-0.1, -0.05) is 13.8 Å². The van der Waals surface area contributed by atoms with Crippen molar-refractivity contribution in [2.24, 2.45) is 11.7 Å². The van der Waals surface area contributed by atoms with Crippen molar-refractivity contribution in [3.05, 3.63) is 39.8 Å². The maximum absolute atomic E-state index is 13.6. The van der Waals surface area contributed by atoms with Crippen molar-refractivity contribution in [1.29, 1.82) is 0 Å². The quantitative estimate of drug-likeness (QED) is 0.904. The third-order valence-corrected chi connectivity index (χ3v) is 3.57. The number of hydrogen-bond donors (Lipinski definition) is 2. The summed E-state index contributed by atoms with van der Waals surface area (Å²) in [7, 11) is 0. The van der Waals surface area contributed by atoms with Gasteiger partial charge in [-0.2, -0.15) is 5.10 Å². The molecule has 124 valence electrons. The van der Waals surface area contributed by atoms with Crippen LogP contribution >= 0.6 is 0 Å². The highest BCUT2D eigenvalue weighted by Crippen LogP contribution is 2.26. The Bertz CT molecular complexity index is 804. The standard InChI is InChI=1S/C15H18F2N4O2/c1-7(2)6-21(15(18)23)8(3)13-9-4-11(16)12(17)5-10(9)14(22)20-19-13/h4-5,7-8H,6H2,1-3H3,(H2,18,23)(H,20,22). The molecule has 0 saturated heterocycles. The summed E-state index contributed by atoms with van der Waals surface area (Å²) in [5, 5.41) is 6.27. The number of nitrogens with one attached hydrogen (secondary N) is 1. The van der Waals surface area contributed by atoms with Gasteiger partial charge in [0.15, 0.2) is 11.6 Å². The van der Waals surface area contributed by atoms with Crippen LogP contribution in [0.25, 0.3) is 10.8 Å². The van der Waals surface area contributed by atoms with Crippen molar-refractivity contribution in [3.8, 4) is 0 Å². The molecule has 8 heteroatoms. The summed E-state index contributed by atoms with van der Waals surface area (Å²) in [6.07, 6.45) is 0. The van der Waals surface area contributed by atoms with E-state index in [-0.39, 0.29) is 22.4 Å². The molecule has 0 radical (unpaired) electrons. The van der Waals surface area contributed by atoms with Gasteiger partial charge < -0.3 is 10.6 Å². The van der Waals surface area contributed by atoms with Gasteiger partial charge in [0, 0.05) is 11.9 Å². The summed E-state index contributed by atoms with van der Waals surface area (Å²) in [5.74, 6) is -2.07. The molecule has 2 amide bonds. The Kier molecular flexibility index (Phi) is 4.63. The summed E-state index contributed by atoms with van der Waals surface area (Å²) in [4.78, 5) is 24.8. The van der Waals surface area contributed by atoms with Crippen molar-refractivity contribution in [2.75, 3.05) is 6.54 Å². The number of urea groups is 1. The van der Waals surface area contributed by atoms with Gasteiger partial charge in [-0.3, -0.25) is 4.79 Å². The van der Waals surface area contributed by atoms with E-state index >= 15 is 0 Å². The number of hydrogen-bond acceptors (Lipinski definition) is 3. The van der Waals surface area contributed by atoms with Crippen LogP contribution in [0.2, 0.25) is 0 Å². The van der Waals surface area contributed by atoms with Crippen molar-refractivity contribution in [3.63, 3.8) is 0 Å². The molecule has 0 aliphatic rings. The number of primary amides is 1. The van der Waals surface area contributed by atoms with E-state index in [4.69, 9.17) is 5.73 Å². The van der Waals surface area contributed by atoms with E-state index < -0.39 is 29.3 Å². The summed E-state index contributed by atoms with van der Waals surface area (Å²) in [6, 6.07) is 0.459. The van der Waals surface area contributed by atoms with Crippen LogP contribution in [0.3, 0.4) is 0 Å². The summed E-state index contributed by atoms with van der Waals surface area (Å²) in [6.45, 7) is 5.85. The Labute approximate surface area is 131 Å². The van der Waals surface area contributed by atoms with E-state index in [1.54, 1.807) is 6.92 Å². The molecule has 6 nitrogen and oxygen atoms in total. The smallest absolute Gasteiger partial charge is 0.315 e. The van der Waals surface area contributed by atoms with Gasteiger partial charge in [-0.15, -0.1) is 0 Å². The Hall–Kier alpha value is -2.51.